The van der Waals surface area contributed by atoms with Gasteiger partial charge in [-0.2, -0.15) is 0 Å². The fourth-order valence-electron chi connectivity index (χ4n) is 2.04. The molecule has 0 bridgehead atoms. The first-order valence-corrected chi connectivity index (χ1v) is 7.23. The van der Waals surface area contributed by atoms with Gasteiger partial charge >= 0.3 is 0 Å². The van der Waals surface area contributed by atoms with E-state index in [4.69, 9.17) is 4.74 Å². The first-order chi connectivity index (χ1) is 8.58. The second-order valence-electron chi connectivity index (χ2n) is 4.36. The maximum Gasteiger partial charge on any atom is 0.175 e. The summed E-state index contributed by atoms with van der Waals surface area (Å²) in [6.07, 6.45) is 0.635. The quantitative estimate of drug-likeness (QED) is 0.785. The number of rotatable bonds is 4. The second-order valence-corrected chi connectivity index (χ2v) is 6.02. The topological polar surface area (TPSA) is 43.4 Å². The Balaban J connectivity index is 2.01. The minimum Gasteiger partial charge on any atom is -0.377 e. The summed E-state index contributed by atoms with van der Waals surface area (Å²) in [6.45, 7) is 2.45. The predicted molar refractivity (Wildman–Crippen MR) is 67.6 cm³/mol. The molecule has 1 aliphatic rings. The predicted octanol–water partition coefficient (Wildman–Crippen LogP) is 1.93. The van der Waals surface area contributed by atoms with Crippen LogP contribution in [0, 0.1) is 5.82 Å². The van der Waals surface area contributed by atoms with Crippen molar-refractivity contribution in [1.82, 2.24) is 0 Å². The molecular formula is C13H15FO3S. The molecule has 2 rings (SSSR count). The Bertz CT molecular complexity index is 475. The summed E-state index contributed by atoms with van der Waals surface area (Å²) in [6, 6.07) is 5.47. The highest BCUT2D eigenvalue weighted by molar-refractivity contribution is 7.86. The third-order valence-corrected chi connectivity index (χ3v) is 4.91. The zero-order valence-electron chi connectivity index (χ0n) is 10.1. The van der Waals surface area contributed by atoms with Crippen molar-refractivity contribution in [3.05, 3.63) is 35.6 Å². The van der Waals surface area contributed by atoms with Crippen LogP contribution < -0.4 is 0 Å². The standard InChI is InChI=1S/C13H15FO3S/c1-9-13(5-6-17-9)18(16)8-12(15)10-3-2-4-11(14)7-10/h2-4,7,9,13H,5-6,8H2,1H3. The van der Waals surface area contributed by atoms with E-state index in [0.717, 1.165) is 0 Å². The molecule has 0 aromatic heterocycles. The van der Waals surface area contributed by atoms with Gasteiger partial charge in [-0.15, -0.1) is 0 Å². The summed E-state index contributed by atoms with van der Waals surface area (Å²) in [5, 5.41) is -0.0949. The molecule has 0 spiro atoms. The van der Waals surface area contributed by atoms with Gasteiger partial charge in [-0.3, -0.25) is 9.00 Å². The summed E-state index contributed by atoms with van der Waals surface area (Å²) in [5.74, 6) is -0.807. The van der Waals surface area contributed by atoms with Crippen LogP contribution in [-0.4, -0.2) is 33.7 Å². The highest BCUT2D eigenvalue weighted by atomic mass is 32.2. The van der Waals surface area contributed by atoms with Crippen LogP contribution in [-0.2, 0) is 15.5 Å². The summed E-state index contributed by atoms with van der Waals surface area (Å²) < 4.78 is 30.3. The number of carbonyl (C=O) groups excluding carboxylic acids is 1. The molecule has 3 unspecified atom stereocenters. The molecule has 1 saturated heterocycles. The van der Waals surface area contributed by atoms with Gasteiger partial charge in [0.1, 0.15) is 5.82 Å². The van der Waals surface area contributed by atoms with Crippen LogP contribution in [0.25, 0.3) is 0 Å². The van der Waals surface area contributed by atoms with Gasteiger partial charge in [-0.1, -0.05) is 12.1 Å². The van der Waals surface area contributed by atoms with Crippen LogP contribution in [0.4, 0.5) is 4.39 Å². The molecule has 98 valence electrons. The molecule has 1 heterocycles. The highest BCUT2D eigenvalue weighted by Crippen LogP contribution is 2.19. The number of hydrogen-bond donors (Lipinski definition) is 0. The summed E-state index contributed by atoms with van der Waals surface area (Å²) >= 11 is 0. The first-order valence-electron chi connectivity index (χ1n) is 5.85. The van der Waals surface area contributed by atoms with Crippen LogP contribution in [0.15, 0.2) is 24.3 Å². The minimum absolute atomic E-state index is 0.0676. The Kier molecular flexibility index (Phi) is 4.24. The summed E-state index contributed by atoms with van der Waals surface area (Å²) in [4.78, 5) is 11.9. The molecule has 5 heteroatoms. The Morgan fingerprint density at radius 3 is 2.94 bits per heavy atom. The van der Waals surface area contributed by atoms with Crippen molar-refractivity contribution >= 4 is 16.6 Å². The van der Waals surface area contributed by atoms with Crippen molar-refractivity contribution < 1.29 is 18.1 Å². The van der Waals surface area contributed by atoms with Gasteiger partial charge in [0.2, 0.25) is 0 Å². The van der Waals surface area contributed by atoms with Crippen LogP contribution in [0.3, 0.4) is 0 Å². The van der Waals surface area contributed by atoms with Gasteiger partial charge in [0.15, 0.2) is 5.78 Å². The van der Waals surface area contributed by atoms with Crippen molar-refractivity contribution in [2.75, 3.05) is 12.4 Å². The van der Waals surface area contributed by atoms with Crippen molar-refractivity contribution in [1.29, 1.82) is 0 Å². The molecule has 0 saturated carbocycles. The average Bonchev–Trinajstić information content (AvgIpc) is 2.75. The minimum atomic E-state index is -1.26. The number of hydrogen-bond acceptors (Lipinski definition) is 3. The summed E-state index contributed by atoms with van der Waals surface area (Å²) in [5.41, 5.74) is 0.273. The molecule has 1 aliphatic heterocycles. The normalized spacial score (nSPS) is 25.0. The highest BCUT2D eigenvalue weighted by Gasteiger charge is 2.30. The molecule has 18 heavy (non-hydrogen) atoms. The molecule has 0 amide bonds. The van der Waals surface area contributed by atoms with E-state index >= 15 is 0 Å². The van der Waals surface area contributed by atoms with Gasteiger partial charge < -0.3 is 4.74 Å². The van der Waals surface area contributed by atoms with E-state index in [1.807, 2.05) is 6.92 Å². The Labute approximate surface area is 108 Å². The first kappa shape index (κ1) is 13.4. The molecule has 0 aliphatic carbocycles. The van der Waals surface area contributed by atoms with E-state index in [-0.39, 0.29) is 28.5 Å². The van der Waals surface area contributed by atoms with Crippen LogP contribution >= 0.6 is 0 Å². The molecule has 1 aromatic carbocycles. The van der Waals surface area contributed by atoms with E-state index in [1.54, 1.807) is 0 Å². The molecule has 3 atom stereocenters. The number of ether oxygens (including phenoxy) is 1. The van der Waals surface area contributed by atoms with Crippen molar-refractivity contribution in [3.63, 3.8) is 0 Å². The number of halogens is 1. The molecular weight excluding hydrogens is 255 g/mol. The lowest BCUT2D eigenvalue weighted by Gasteiger charge is -2.13. The average molecular weight is 270 g/mol. The zero-order chi connectivity index (χ0) is 13.1. The molecule has 0 N–H and O–H groups in total. The van der Waals surface area contributed by atoms with Crippen LogP contribution in [0.1, 0.15) is 23.7 Å². The van der Waals surface area contributed by atoms with E-state index in [2.05, 4.69) is 0 Å². The number of ketones is 1. The third kappa shape index (κ3) is 3.03. The number of carbonyl (C=O) groups is 1. The number of Topliss-reactive ketones (excluding diaryl/α,β-unsaturated/α-hetero) is 1. The Hall–Kier alpha value is -1.07. The van der Waals surface area contributed by atoms with Gasteiger partial charge in [-0.25, -0.2) is 4.39 Å². The summed E-state index contributed by atoms with van der Waals surface area (Å²) in [7, 11) is -1.26. The molecule has 0 radical (unpaired) electrons. The third-order valence-electron chi connectivity index (χ3n) is 3.06. The molecule has 1 aromatic rings. The van der Waals surface area contributed by atoms with Gasteiger partial charge in [0.25, 0.3) is 0 Å². The van der Waals surface area contributed by atoms with Gasteiger partial charge in [-0.05, 0) is 25.5 Å². The monoisotopic (exact) mass is 270 g/mol. The largest absolute Gasteiger partial charge is 0.377 e. The van der Waals surface area contributed by atoms with Crippen LogP contribution in [0.2, 0.25) is 0 Å². The van der Waals surface area contributed by atoms with E-state index in [9.17, 15) is 13.4 Å². The van der Waals surface area contributed by atoms with Gasteiger partial charge in [0.05, 0.1) is 17.1 Å². The fourth-order valence-corrected chi connectivity index (χ4v) is 3.54. The van der Waals surface area contributed by atoms with Crippen molar-refractivity contribution in [2.45, 2.75) is 24.7 Å². The van der Waals surface area contributed by atoms with Crippen LogP contribution in [0.5, 0.6) is 0 Å². The van der Waals surface area contributed by atoms with E-state index < -0.39 is 16.6 Å². The fraction of sp³-hybridized carbons (Fsp3) is 0.462. The molecule has 3 nitrogen and oxygen atoms in total. The Morgan fingerprint density at radius 2 is 2.33 bits per heavy atom. The molecule has 1 fully saturated rings. The lowest BCUT2D eigenvalue weighted by molar-refractivity contribution is 0.102. The SMILES string of the molecule is CC1OCCC1S(=O)CC(=O)c1cccc(F)c1. The maximum absolute atomic E-state index is 13.0. The van der Waals surface area contributed by atoms with Crippen molar-refractivity contribution in [2.24, 2.45) is 0 Å². The van der Waals surface area contributed by atoms with Gasteiger partial charge in [0, 0.05) is 23.0 Å². The maximum atomic E-state index is 13.0. The lowest BCUT2D eigenvalue weighted by Crippen LogP contribution is -2.27. The smallest absolute Gasteiger partial charge is 0.175 e. The second kappa shape index (κ2) is 5.71. The van der Waals surface area contributed by atoms with Crippen molar-refractivity contribution in [3.8, 4) is 0 Å². The Morgan fingerprint density at radius 1 is 1.56 bits per heavy atom. The van der Waals surface area contributed by atoms with E-state index in [1.165, 1.54) is 24.3 Å². The zero-order valence-corrected chi connectivity index (χ0v) is 10.9. The lowest BCUT2D eigenvalue weighted by atomic mass is 10.1. The van der Waals surface area contributed by atoms with E-state index in [0.29, 0.717) is 13.0 Å². The number of benzene rings is 1.